The number of nitrogen functional groups attached to an aromatic ring is 1. The van der Waals surface area contributed by atoms with Crippen molar-refractivity contribution in [1.29, 1.82) is 0 Å². The van der Waals surface area contributed by atoms with Gasteiger partial charge < -0.3 is 15.8 Å². The zero-order valence-corrected chi connectivity index (χ0v) is 16.4. The molecule has 0 heterocycles. The first-order chi connectivity index (χ1) is 14.1. The topological polar surface area (TPSA) is 64.3 Å². The van der Waals surface area contributed by atoms with Crippen LogP contribution in [0.25, 0.3) is 11.1 Å². The summed E-state index contributed by atoms with van der Waals surface area (Å²) in [6, 6.07) is 21.6. The van der Waals surface area contributed by atoms with E-state index in [1.165, 1.54) is 22.3 Å². The number of rotatable bonds is 3. The number of amides is 1. The summed E-state index contributed by atoms with van der Waals surface area (Å²) in [7, 11) is 0. The van der Waals surface area contributed by atoms with Gasteiger partial charge in [0.15, 0.2) is 0 Å². The maximum Gasteiger partial charge on any atom is 0.407 e. The summed E-state index contributed by atoms with van der Waals surface area (Å²) in [6.07, 6.45) is -0.495. The maximum absolute atomic E-state index is 12.1. The fourth-order valence-corrected chi connectivity index (χ4v) is 3.73. The molecule has 0 saturated heterocycles. The van der Waals surface area contributed by atoms with E-state index in [2.05, 4.69) is 41.4 Å². The molecule has 0 spiro atoms. The molecule has 3 aromatic rings. The molecule has 4 nitrogen and oxygen atoms in total. The van der Waals surface area contributed by atoms with E-state index in [0.717, 1.165) is 0 Å². The molecule has 5 heteroatoms. The number of halogens is 1. The second-order valence-corrected chi connectivity index (χ2v) is 7.15. The van der Waals surface area contributed by atoms with Crippen molar-refractivity contribution >= 4 is 23.4 Å². The molecular weight excluding hydrogens is 384 g/mol. The highest BCUT2D eigenvalue weighted by Gasteiger charge is 2.28. The minimum absolute atomic E-state index is 0.0353. The molecule has 0 unspecified atom stereocenters. The Balaban J connectivity index is 1.35. The monoisotopic (exact) mass is 402 g/mol. The molecule has 4 rings (SSSR count). The van der Waals surface area contributed by atoms with Crippen LogP contribution in [0.15, 0.2) is 66.7 Å². The van der Waals surface area contributed by atoms with Crippen molar-refractivity contribution in [3.63, 3.8) is 0 Å². The van der Waals surface area contributed by atoms with Crippen LogP contribution in [0, 0.1) is 11.8 Å². The minimum atomic E-state index is -0.495. The van der Waals surface area contributed by atoms with E-state index >= 15 is 0 Å². The average Bonchev–Trinajstić information content (AvgIpc) is 3.05. The summed E-state index contributed by atoms with van der Waals surface area (Å²) in [4.78, 5) is 12.1. The Morgan fingerprint density at radius 2 is 1.69 bits per heavy atom. The number of nitrogens with one attached hydrogen (secondary N) is 1. The zero-order chi connectivity index (χ0) is 20.2. The van der Waals surface area contributed by atoms with Crippen molar-refractivity contribution in [3.05, 3.63) is 88.4 Å². The molecule has 0 bridgehead atoms. The van der Waals surface area contributed by atoms with Gasteiger partial charge in [-0.3, -0.25) is 0 Å². The smallest absolute Gasteiger partial charge is 0.407 e. The van der Waals surface area contributed by atoms with E-state index < -0.39 is 6.09 Å². The summed E-state index contributed by atoms with van der Waals surface area (Å²) in [6.45, 7) is 0.441. The van der Waals surface area contributed by atoms with E-state index in [0.29, 0.717) is 16.3 Å². The minimum Gasteiger partial charge on any atom is -0.449 e. The normalized spacial score (nSPS) is 11.8. The fourth-order valence-electron chi connectivity index (χ4n) is 3.55. The number of carbonyl (C=O) groups excluding carboxylic acids is 1. The van der Waals surface area contributed by atoms with Crippen molar-refractivity contribution in [3.8, 4) is 23.0 Å². The summed E-state index contributed by atoms with van der Waals surface area (Å²) in [5.41, 5.74) is 11.8. The average molecular weight is 403 g/mol. The Kier molecular flexibility index (Phi) is 5.41. The van der Waals surface area contributed by atoms with Gasteiger partial charge in [-0.15, -0.1) is 0 Å². The molecule has 1 aliphatic rings. The number of hydrogen-bond acceptors (Lipinski definition) is 3. The van der Waals surface area contributed by atoms with Crippen LogP contribution in [0.3, 0.4) is 0 Å². The third-order valence-electron chi connectivity index (χ3n) is 4.90. The van der Waals surface area contributed by atoms with Gasteiger partial charge in [-0.05, 0) is 40.5 Å². The molecular formula is C24H19ClN2O2. The van der Waals surface area contributed by atoms with Gasteiger partial charge in [0.05, 0.1) is 6.54 Å². The Hall–Kier alpha value is -3.42. The van der Waals surface area contributed by atoms with Crippen LogP contribution in [0.1, 0.15) is 22.6 Å². The highest BCUT2D eigenvalue weighted by molar-refractivity contribution is 6.30. The number of hydrogen-bond donors (Lipinski definition) is 2. The van der Waals surface area contributed by atoms with Crippen molar-refractivity contribution in [2.75, 3.05) is 18.9 Å². The van der Waals surface area contributed by atoms with Crippen LogP contribution >= 0.6 is 11.6 Å². The number of nitrogens with two attached hydrogens (primary N) is 1. The number of carbonyl (C=O) groups is 1. The van der Waals surface area contributed by atoms with Gasteiger partial charge in [0.2, 0.25) is 0 Å². The number of alkyl carbamates (subject to hydrolysis) is 1. The van der Waals surface area contributed by atoms with E-state index in [1.807, 2.05) is 24.3 Å². The van der Waals surface area contributed by atoms with E-state index in [4.69, 9.17) is 22.1 Å². The van der Waals surface area contributed by atoms with Gasteiger partial charge in [-0.25, -0.2) is 4.79 Å². The summed E-state index contributed by atoms with van der Waals surface area (Å²) in [5, 5.41) is 3.21. The van der Waals surface area contributed by atoms with Crippen LogP contribution in [0.4, 0.5) is 10.5 Å². The first-order valence-electron chi connectivity index (χ1n) is 9.26. The molecule has 0 fully saturated rings. The number of fused-ring (bicyclic) bond motifs is 3. The standard InChI is InChI=1S/C24H19ClN2O2/c25-17-12-11-16(23(26)14-17)6-5-13-27-24(28)29-15-22-20-9-3-1-7-18(20)19-8-2-4-10-21(19)22/h1-4,7-12,14,22H,13,15,26H2,(H,27,28). The third kappa shape index (κ3) is 4.06. The number of anilines is 1. The highest BCUT2D eigenvalue weighted by atomic mass is 35.5. The van der Waals surface area contributed by atoms with E-state index in [1.54, 1.807) is 18.2 Å². The molecule has 3 N–H and O–H groups in total. The van der Waals surface area contributed by atoms with Crippen molar-refractivity contribution < 1.29 is 9.53 Å². The predicted octanol–water partition coefficient (Wildman–Crippen LogP) is 4.81. The van der Waals surface area contributed by atoms with Crippen LogP contribution in [-0.4, -0.2) is 19.2 Å². The van der Waals surface area contributed by atoms with Crippen molar-refractivity contribution in [2.45, 2.75) is 5.92 Å². The van der Waals surface area contributed by atoms with Crippen LogP contribution < -0.4 is 11.1 Å². The molecule has 29 heavy (non-hydrogen) atoms. The molecule has 3 aromatic carbocycles. The SMILES string of the molecule is Nc1cc(Cl)ccc1C#CCNC(=O)OCC1c2ccccc2-c2ccccc21. The largest absolute Gasteiger partial charge is 0.449 e. The molecule has 1 amide bonds. The molecule has 0 atom stereocenters. The van der Waals surface area contributed by atoms with Crippen molar-refractivity contribution in [2.24, 2.45) is 0 Å². The lowest BCUT2D eigenvalue weighted by Gasteiger charge is -2.14. The second-order valence-electron chi connectivity index (χ2n) is 6.71. The van der Waals surface area contributed by atoms with Gasteiger partial charge >= 0.3 is 6.09 Å². The van der Waals surface area contributed by atoms with Crippen LogP contribution in [-0.2, 0) is 4.74 Å². The summed E-state index contributed by atoms with van der Waals surface area (Å²) < 4.78 is 5.47. The number of benzene rings is 3. The number of ether oxygens (including phenoxy) is 1. The van der Waals surface area contributed by atoms with Crippen LogP contribution in [0.5, 0.6) is 0 Å². The first-order valence-corrected chi connectivity index (χ1v) is 9.64. The molecule has 144 valence electrons. The predicted molar refractivity (Wildman–Crippen MR) is 116 cm³/mol. The van der Waals surface area contributed by atoms with Gasteiger partial charge in [0.1, 0.15) is 6.61 Å². The molecule has 1 aliphatic carbocycles. The third-order valence-corrected chi connectivity index (χ3v) is 5.14. The quantitative estimate of drug-likeness (QED) is 0.488. The summed E-state index contributed by atoms with van der Waals surface area (Å²) >= 11 is 5.87. The fraction of sp³-hybridized carbons (Fsp3) is 0.125. The van der Waals surface area contributed by atoms with E-state index in [-0.39, 0.29) is 19.1 Å². The van der Waals surface area contributed by atoms with Gasteiger partial charge in [-0.1, -0.05) is 72.0 Å². The maximum atomic E-state index is 12.1. The van der Waals surface area contributed by atoms with E-state index in [9.17, 15) is 4.79 Å². The van der Waals surface area contributed by atoms with Crippen molar-refractivity contribution in [1.82, 2.24) is 5.32 Å². The highest BCUT2D eigenvalue weighted by Crippen LogP contribution is 2.44. The van der Waals surface area contributed by atoms with Gasteiger partial charge in [0, 0.05) is 22.2 Å². The lowest BCUT2D eigenvalue weighted by atomic mass is 9.98. The zero-order valence-electron chi connectivity index (χ0n) is 15.6. The molecule has 0 aromatic heterocycles. The van der Waals surface area contributed by atoms with Crippen LogP contribution in [0.2, 0.25) is 5.02 Å². The van der Waals surface area contributed by atoms with Gasteiger partial charge in [-0.2, -0.15) is 0 Å². The molecule has 0 saturated carbocycles. The first kappa shape index (κ1) is 18.9. The Morgan fingerprint density at radius 1 is 1.03 bits per heavy atom. The Bertz CT molecular complexity index is 1090. The summed E-state index contributed by atoms with van der Waals surface area (Å²) in [5.74, 6) is 5.82. The lowest BCUT2D eigenvalue weighted by Crippen LogP contribution is -2.26. The second kappa shape index (κ2) is 8.30. The van der Waals surface area contributed by atoms with Gasteiger partial charge in [0.25, 0.3) is 0 Å². The molecule has 0 aliphatic heterocycles. The molecule has 0 radical (unpaired) electrons. The Labute approximate surface area is 174 Å². The Morgan fingerprint density at radius 3 is 2.34 bits per heavy atom. The lowest BCUT2D eigenvalue weighted by molar-refractivity contribution is 0.144.